The van der Waals surface area contributed by atoms with Crippen LogP contribution in [0.1, 0.15) is 37.5 Å². The molecule has 23 heavy (non-hydrogen) atoms. The summed E-state index contributed by atoms with van der Waals surface area (Å²) in [5.41, 5.74) is 3.64. The van der Waals surface area contributed by atoms with Crippen LogP contribution in [0.25, 0.3) is 5.65 Å². The minimum atomic E-state index is -0.156. The topological polar surface area (TPSA) is 85.1 Å². The highest BCUT2D eigenvalue weighted by Gasteiger charge is 2.19. The third-order valence-corrected chi connectivity index (χ3v) is 4.39. The summed E-state index contributed by atoms with van der Waals surface area (Å²) in [4.78, 5) is 17.0. The van der Waals surface area contributed by atoms with Crippen LogP contribution in [0.5, 0.6) is 0 Å². The minimum absolute atomic E-state index is 0.156. The van der Waals surface area contributed by atoms with Gasteiger partial charge in [0.2, 0.25) is 0 Å². The number of hydrogen-bond acceptors (Lipinski definition) is 6. The van der Waals surface area contributed by atoms with E-state index in [4.69, 9.17) is 0 Å². The third kappa shape index (κ3) is 3.07. The molecule has 1 N–H and O–H groups in total. The number of carbonyl (C=O) groups excluding carboxylic acids is 1. The lowest BCUT2D eigenvalue weighted by Crippen LogP contribution is -2.26. The van der Waals surface area contributed by atoms with E-state index >= 15 is 0 Å². The lowest BCUT2D eigenvalue weighted by Gasteiger charge is -2.04. The summed E-state index contributed by atoms with van der Waals surface area (Å²) in [6.07, 6.45) is 0.668. The number of nitrogens with one attached hydrogen (secondary N) is 1. The highest BCUT2D eigenvalue weighted by Crippen LogP contribution is 2.16. The lowest BCUT2D eigenvalue weighted by atomic mass is 10.2. The average molecular weight is 330 g/mol. The molecule has 3 heterocycles. The van der Waals surface area contributed by atoms with Gasteiger partial charge >= 0.3 is 0 Å². The van der Waals surface area contributed by atoms with Crippen LogP contribution in [0.4, 0.5) is 0 Å². The smallest absolute Gasteiger partial charge is 0.257 e. The van der Waals surface area contributed by atoms with Crippen molar-refractivity contribution in [1.29, 1.82) is 0 Å². The maximum absolute atomic E-state index is 12.5. The van der Waals surface area contributed by atoms with Gasteiger partial charge in [0.1, 0.15) is 15.6 Å². The molecule has 0 saturated heterocycles. The predicted molar refractivity (Wildman–Crippen MR) is 87.9 cm³/mol. The van der Waals surface area contributed by atoms with Crippen LogP contribution in [0.15, 0.2) is 6.07 Å². The largest absolute Gasteiger partial charge is 0.351 e. The molecule has 3 aromatic heterocycles. The SMILES string of the molecule is Cc1cc(C)n2nc(C)c(C(=O)NCCc3nnc(C)s3)c2n1. The van der Waals surface area contributed by atoms with Gasteiger partial charge in [0.25, 0.3) is 5.91 Å². The van der Waals surface area contributed by atoms with E-state index in [-0.39, 0.29) is 5.91 Å². The Hall–Kier alpha value is -2.35. The fraction of sp³-hybridized carbons (Fsp3) is 0.400. The van der Waals surface area contributed by atoms with Crippen LogP contribution in [-0.4, -0.2) is 37.2 Å². The van der Waals surface area contributed by atoms with Crippen LogP contribution in [0.2, 0.25) is 0 Å². The Morgan fingerprint density at radius 1 is 1.26 bits per heavy atom. The van der Waals surface area contributed by atoms with E-state index < -0.39 is 0 Å². The fourth-order valence-electron chi connectivity index (χ4n) is 2.50. The monoisotopic (exact) mass is 330 g/mol. The van der Waals surface area contributed by atoms with Gasteiger partial charge in [-0.1, -0.05) is 0 Å². The first kappa shape index (κ1) is 15.5. The predicted octanol–water partition coefficient (Wildman–Crippen LogP) is 1.79. The quantitative estimate of drug-likeness (QED) is 0.788. The van der Waals surface area contributed by atoms with Gasteiger partial charge in [0, 0.05) is 24.4 Å². The second-order valence-electron chi connectivity index (χ2n) is 5.46. The van der Waals surface area contributed by atoms with Crippen molar-refractivity contribution < 1.29 is 4.79 Å². The number of carbonyl (C=O) groups is 1. The Bertz CT molecular complexity index is 882. The van der Waals surface area contributed by atoms with E-state index in [1.165, 1.54) is 0 Å². The summed E-state index contributed by atoms with van der Waals surface area (Å²) in [5.74, 6) is -0.156. The summed E-state index contributed by atoms with van der Waals surface area (Å²) in [6.45, 7) is 8.11. The summed E-state index contributed by atoms with van der Waals surface area (Å²) in [6, 6.07) is 1.94. The molecule has 3 rings (SSSR count). The zero-order valence-electron chi connectivity index (χ0n) is 13.5. The molecule has 0 aliphatic heterocycles. The normalized spacial score (nSPS) is 11.1. The Kier molecular flexibility index (Phi) is 4.08. The molecular formula is C15H18N6OS. The molecule has 3 aromatic rings. The first-order chi connectivity index (χ1) is 11.0. The van der Waals surface area contributed by atoms with E-state index in [1.54, 1.807) is 15.9 Å². The van der Waals surface area contributed by atoms with E-state index in [2.05, 4.69) is 25.6 Å². The van der Waals surface area contributed by atoms with Crippen molar-refractivity contribution in [3.05, 3.63) is 38.7 Å². The highest BCUT2D eigenvalue weighted by atomic mass is 32.1. The van der Waals surface area contributed by atoms with Crippen molar-refractivity contribution >= 4 is 22.9 Å². The molecule has 8 heteroatoms. The first-order valence-corrected chi connectivity index (χ1v) is 8.18. The molecule has 0 atom stereocenters. The Balaban J connectivity index is 1.79. The fourth-order valence-corrected chi connectivity index (χ4v) is 3.21. The van der Waals surface area contributed by atoms with Crippen LogP contribution < -0.4 is 5.32 Å². The average Bonchev–Trinajstić information content (AvgIpc) is 3.02. The number of aromatic nitrogens is 5. The summed E-state index contributed by atoms with van der Waals surface area (Å²) in [7, 11) is 0. The number of hydrogen-bond donors (Lipinski definition) is 1. The number of nitrogens with zero attached hydrogens (tertiary/aromatic N) is 5. The van der Waals surface area contributed by atoms with Gasteiger partial charge in [-0.05, 0) is 33.8 Å². The maximum Gasteiger partial charge on any atom is 0.257 e. The second kappa shape index (κ2) is 6.04. The molecule has 0 unspecified atom stereocenters. The van der Waals surface area contributed by atoms with Crippen molar-refractivity contribution in [2.75, 3.05) is 6.54 Å². The molecule has 0 bridgehead atoms. The Labute approximate surface area is 137 Å². The van der Waals surface area contributed by atoms with Gasteiger partial charge in [-0.2, -0.15) is 5.10 Å². The molecule has 0 aromatic carbocycles. The molecule has 7 nitrogen and oxygen atoms in total. The molecule has 0 fully saturated rings. The zero-order chi connectivity index (χ0) is 16.6. The van der Waals surface area contributed by atoms with Crippen LogP contribution in [0.3, 0.4) is 0 Å². The molecule has 120 valence electrons. The van der Waals surface area contributed by atoms with E-state index in [0.717, 1.165) is 21.4 Å². The lowest BCUT2D eigenvalue weighted by molar-refractivity contribution is 0.0955. The van der Waals surface area contributed by atoms with Crippen molar-refractivity contribution in [2.45, 2.75) is 34.1 Å². The van der Waals surface area contributed by atoms with E-state index in [9.17, 15) is 4.79 Å². The molecule has 0 radical (unpaired) electrons. The molecule has 1 amide bonds. The molecular weight excluding hydrogens is 312 g/mol. The summed E-state index contributed by atoms with van der Waals surface area (Å²) in [5, 5.41) is 17.2. The Morgan fingerprint density at radius 3 is 2.74 bits per heavy atom. The van der Waals surface area contributed by atoms with Crippen molar-refractivity contribution in [1.82, 2.24) is 30.1 Å². The highest BCUT2D eigenvalue weighted by molar-refractivity contribution is 7.11. The van der Waals surface area contributed by atoms with Gasteiger partial charge in [0.15, 0.2) is 5.65 Å². The van der Waals surface area contributed by atoms with Gasteiger partial charge in [-0.25, -0.2) is 9.50 Å². The van der Waals surface area contributed by atoms with E-state index in [1.807, 2.05) is 33.8 Å². The Morgan fingerprint density at radius 2 is 2.04 bits per heavy atom. The summed E-state index contributed by atoms with van der Waals surface area (Å²) >= 11 is 1.54. The number of fused-ring (bicyclic) bond motifs is 1. The second-order valence-corrected chi connectivity index (χ2v) is 6.72. The third-order valence-electron chi connectivity index (χ3n) is 3.49. The van der Waals surface area contributed by atoms with Crippen molar-refractivity contribution in [3.8, 4) is 0 Å². The van der Waals surface area contributed by atoms with Gasteiger partial charge in [-0.15, -0.1) is 21.5 Å². The number of amides is 1. The first-order valence-electron chi connectivity index (χ1n) is 7.36. The molecule has 0 aliphatic carbocycles. The van der Waals surface area contributed by atoms with E-state index in [0.29, 0.717) is 29.9 Å². The van der Waals surface area contributed by atoms with Gasteiger partial charge in [-0.3, -0.25) is 4.79 Å². The van der Waals surface area contributed by atoms with Gasteiger partial charge in [0.05, 0.1) is 5.69 Å². The van der Waals surface area contributed by atoms with Crippen molar-refractivity contribution in [3.63, 3.8) is 0 Å². The molecule has 0 aliphatic rings. The zero-order valence-corrected chi connectivity index (χ0v) is 14.4. The van der Waals surface area contributed by atoms with Crippen LogP contribution in [0, 0.1) is 27.7 Å². The van der Waals surface area contributed by atoms with Crippen LogP contribution in [-0.2, 0) is 6.42 Å². The molecule has 0 saturated carbocycles. The van der Waals surface area contributed by atoms with Crippen molar-refractivity contribution in [2.24, 2.45) is 0 Å². The minimum Gasteiger partial charge on any atom is -0.351 e. The molecule has 0 spiro atoms. The maximum atomic E-state index is 12.5. The van der Waals surface area contributed by atoms with Crippen LogP contribution >= 0.6 is 11.3 Å². The standard InChI is InChI=1S/C15H18N6OS/c1-8-7-9(2)21-14(17-8)13(10(3)20-21)15(22)16-6-5-12-19-18-11(4)23-12/h7H,5-6H2,1-4H3,(H,16,22). The van der Waals surface area contributed by atoms with Gasteiger partial charge < -0.3 is 5.32 Å². The number of aryl methyl sites for hydroxylation is 4. The summed E-state index contributed by atoms with van der Waals surface area (Å²) < 4.78 is 1.71. The number of rotatable bonds is 4.